The molecule has 1 unspecified atom stereocenters. The summed E-state index contributed by atoms with van der Waals surface area (Å²) >= 11 is 0. The highest BCUT2D eigenvalue weighted by atomic mass is 16.4. The lowest BCUT2D eigenvalue weighted by atomic mass is 10.2. The Kier molecular flexibility index (Phi) is 2.83. The monoisotopic (exact) mass is 256 g/mol. The van der Waals surface area contributed by atoms with Crippen LogP contribution in [0.25, 0.3) is 0 Å². The first-order chi connectivity index (χ1) is 9.24. The van der Waals surface area contributed by atoms with Crippen molar-refractivity contribution >= 4 is 11.9 Å². The van der Waals surface area contributed by atoms with Crippen LogP contribution in [-0.4, -0.2) is 26.0 Å². The summed E-state index contributed by atoms with van der Waals surface area (Å²) in [6.07, 6.45) is 5.06. The Morgan fingerprint density at radius 2 is 2.21 bits per heavy atom. The topological polar surface area (TPSA) is 88.0 Å². The van der Waals surface area contributed by atoms with Gasteiger partial charge in [0.15, 0.2) is 5.69 Å². The summed E-state index contributed by atoms with van der Waals surface area (Å²) in [5.74, 6) is -0.737. The van der Waals surface area contributed by atoms with E-state index >= 15 is 0 Å². The van der Waals surface area contributed by atoms with Crippen molar-refractivity contribution in [3.05, 3.63) is 47.5 Å². The fourth-order valence-corrected chi connectivity index (χ4v) is 2.26. The molecule has 96 valence electrons. The molecular weight excluding hydrogens is 244 g/mol. The van der Waals surface area contributed by atoms with Gasteiger partial charge in [-0.2, -0.15) is 0 Å². The van der Waals surface area contributed by atoms with Crippen LogP contribution in [0.15, 0.2) is 30.6 Å². The van der Waals surface area contributed by atoms with Crippen molar-refractivity contribution in [2.24, 2.45) is 0 Å². The zero-order valence-electron chi connectivity index (χ0n) is 10.1. The van der Waals surface area contributed by atoms with E-state index in [2.05, 4.69) is 26.3 Å². The number of nitrogens with zero attached hydrogens (tertiary/aromatic N) is 3. The lowest BCUT2D eigenvalue weighted by Crippen LogP contribution is -2.12. The van der Waals surface area contributed by atoms with Crippen LogP contribution >= 0.6 is 0 Å². The zero-order valence-corrected chi connectivity index (χ0v) is 10.1. The van der Waals surface area contributed by atoms with Gasteiger partial charge in [0, 0.05) is 12.4 Å². The van der Waals surface area contributed by atoms with E-state index in [4.69, 9.17) is 5.11 Å². The van der Waals surface area contributed by atoms with E-state index in [1.807, 2.05) is 6.07 Å². The van der Waals surface area contributed by atoms with E-state index in [1.54, 1.807) is 6.20 Å². The van der Waals surface area contributed by atoms with E-state index in [0.29, 0.717) is 5.95 Å². The highest BCUT2D eigenvalue weighted by Crippen LogP contribution is 2.30. The number of hydrogen-bond acceptors (Lipinski definition) is 5. The van der Waals surface area contributed by atoms with Crippen molar-refractivity contribution in [3.63, 3.8) is 0 Å². The lowest BCUT2D eigenvalue weighted by molar-refractivity contribution is 0.0690. The molecule has 1 aliphatic rings. The fourth-order valence-electron chi connectivity index (χ4n) is 2.26. The molecule has 0 aliphatic heterocycles. The summed E-state index contributed by atoms with van der Waals surface area (Å²) in [6, 6.07) is 5.38. The molecule has 1 atom stereocenters. The summed E-state index contributed by atoms with van der Waals surface area (Å²) in [7, 11) is 0. The Hall–Kier alpha value is -2.50. The number of rotatable bonds is 3. The number of carboxylic acid groups (broad SMARTS) is 1. The Bertz CT molecular complexity index is 630. The molecule has 2 heterocycles. The van der Waals surface area contributed by atoms with Crippen molar-refractivity contribution in [2.45, 2.75) is 18.9 Å². The molecule has 2 aromatic rings. The number of aromatic nitrogens is 3. The molecule has 6 heteroatoms. The maximum Gasteiger partial charge on any atom is 0.354 e. The second-order valence-electron chi connectivity index (χ2n) is 4.35. The van der Waals surface area contributed by atoms with E-state index < -0.39 is 5.97 Å². The smallest absolute Gasteiger partial charge is 0.354 e. The van der Waals surface area contributed by atoms with Crippen LogP contribution in [0, 0.1) is 0 Å². The van der Waals surface area contributed by atoms with E-state index in [1.165, 1.54) is 17.8 Å². The minimum absolute atomic E-state index is 0.0169. The molecule has 2 aromatic heterocycles. The summed E-state index contributed by atoms with van der Waals surface area (Å²) in [4.78, 5) is 23.2. The average Bonchev–Trinajstić information content (AvgIpc) is 2.83. The molecule has 0 saturated heterocycles. The molecule has 0 fully saturated rings. The SMILES string of the molecule is O=C(O)c1ccnc(NC2CCc3cccnc32)n1. The number of pyridine rings is 1. The summed E-state index contributed by atoms with van der Waals surface area (Å²) < 4.78 is 0. The van der Waals surface area contributed by atoms with Gasteiger partial charge in [0.05, 0.1) is 11.7 Å². The predicted octanol–water partition coefficient (Wildman–Crippen LogP) is 1.67. The highest BCUT2D eigenvalue weighted by Gasteiger charge is 2.24. The number of anilines is 1. The van der Waals surface area contributed by atoms with Crippen LogP contribution in [0.4, 0.5) is 5.95 Å². The van der Waals surface area contributed by atoms with Crippen LogP contribution < -0.4 is 5.32 Å². The molecule has 0 aromatic carbocycles. The van der Waals surface area contributed by atoms with Crippen molar-refractivity contribution in [1.29, 1.82) is 0 Å². The van der Waals surface area contributed by atoms with Gasteiger partial charge >= 0.3 is 5.97 Å². The van der Waals surface area contributed by atoms with Gasteiger partial charge in [-0.05, 0) is 30.5 Å². The number of aryl methyl sites for hydroxylation is 1. The van der Waals surface area contributed by atoms with E-state index in [-0.39, 0.29) is 11.7 Å². The maximum atomic E-state index is 10.9. The Labute approximate surface area is 109 Å². The van der Waals surface area contributed by atoms with Crippen LogP contribution in [0.2, 0.25) is 0 Å². The van der Waals surface area contributed by atoms with Crippen LogP contribution in [0.3, 0.4) is 0 Å². The molecule has 19 heavy (non-hydrogen) atoms. The normalized spacial score (nSPS) is 16.9. The standard InChI is InChI=1S/C13H12N4O2/c18-12(19)10-5-7-15-13(17-10)16-9-4-3-8-2-1-6-14-11(8)9/h1-2,5-7,9H,3-4H2,(H,18,19)(H,15,16,17). The maximum absolute atomic E-state index is 10.9. The minimum Gasteiger partial charge on any atom is -0.477 e. The second-order valence-corrected chi connectivity index (χ2v) is 4.35. The van der Waals surface area contributed by atoms with Gasteiger partial charge in [-0.25, -0.2) is 14.8 Å². The quantitative estimate of drug-likeness (QED) is 0.868. The van der Waals surface area contributed by atoms with E-state index in [0.717, 1.165) is 18.5 Å². The molecule has 1 aliphatic carbocycles. The number of hydrogen-bond donors (Lipinski definition) is 2. The third kappa shape index (κ3) is 2.24. The molecule has 3 rings (SSSR count). The molecule has 0 amide bonds. The van der Waals surface area contributed by atoms with Crippen LogP contribution in [0.5, 0.6) is 0 Å². The Balaban J connectivity index is 1.83. The first kappa shape index (κ1) is 11.6. The summed E-state index contributed by atoms with van der Waals surface area (Å²) in [6.45, 7) is 0. The minimum atomic E-state index is -1.06. The molecule has 2 N–H and O–H groups in total. The predicted molar refractivity (Wildman–Crippen MR) is 67.9 cm³/mol. The van der Waals surface area contributed by atoms with Gasteiger partial charge in [0.25, 0.3) is 0 Å². The van der Waals surface area contributed by atoms with Crippen molar-refractivity contribution in [2.75, 3.05) is 5.32 Å². The van der Waals surface area contributed by atoms with Gasteiger partial charge in [0.1, 0.15) is 0 Å². The third-order valence-corrected chi connectivity index (χ3v) is 3.14. The van der Waals surface area contributed by atoms with Gasteiger partial charge in [-0.15, -0.1) is 0 Å². The molecule has 0 bridgehead atoms. The van der Waals surface area contributed by atoms with Gasteiger partial charge in [0.2, 0.25) is 5.95 Å². The number of carboxylic acids is 1. The zero-order chi connectivity index (χ0) is 13.2. The van der Waals surface area contributed by atoms with Crippen LogP contribution in [0.1, 0.15) is 34.2 Å². The van der Waals surface area contributed by atoms with Gasteiger partial charge in [-0.1, -0.05) is 6.07 Å². The number of fused-ring (bicyclic) bond motifs is 1. The van der Waals surface area contributed by atoms with Crippen LogP contribution in [-0.2, 0) is 6.42 Å². The summed E-state index contributed by atoms with van der Waals surface area (Å²) in [5.41, 5.74) is 2.19. The molecule has 6 nitrogen and oxygen atoms in total. The fraction of sp³-hybridized carbons (Fsp3) is 0.231. The number of nitrogens with one attached hydrogen (secondary N) is 1. The van der Waals surface area contributed by atoms with Crippen molar-refractivity contribution in [3.8, 4) is 0 Å². The highest BCUT2D eigenvalue weighted by molar-refractivity contribution is 5.85. The Morgan fingerprint density at radius 3 is 3.05 bits per heavy atom. The van der Waals surface area contributed by atoms with Crippen molar-refractivity contribution < 1.29 is 9.90 Å². The molecule has 0 saturated carbocycles. The molecule has 0 spiro atoms. The largest absolute Gasteiger partial charge is 0.477 e. The Morgan fingerprint density at radius 1 is 1.32 bits per heavy atom. The van der Waals surface area contributed by atoms with Gasteiger partial charge < -0.3 is 10.4 Å². The first-order valence-electron chi connectivity index (χ1n) is 6.01. The number of aromatic carboxylic acids is 1. The first-order valence-corrected chi connectivity index (χ1v) is 6.01. The molecule has 0 radical (unpaired) electrons. The van der Waals surface area contributed by atoms with Crippen molar-refractivity contribution in [1.82, 2.24) is 15.0 Å². The van der Waals surface area contributed by atoms with E-state index in [9.17, 15) is 4.79 Å². The lowest BCUT2D eigenvalue weighted by Gasteiger charge is -2.12. The van der Waals surface area contributed by atoms with Gasteiger partial charge in [-0.3, -0.25) is 4.98 Å². The number of carbonyl (C=O) groups is 1. The summed E-state index contributed by atoms with van der Waals surface area (Å²) in [5, 5.41) is 12.0. The molecular formula is C13H12N4O2. The average molecular weight is 256 g/mol. The second kappa shape index (κ2) is 4.64. The third-order valence-electron chi connectivity index (χ3n) is 3.14.